The number of carbonyl (C=O) groups is 5. The van der Waals surface area contributed by atoms with E-state index in [1.807, 2.05) is 39.0 Å². The van der Waals surface area contributed by atoms with Crippen molar-refractivity contribution in [3.63, 3.8) is 0 Å². The summed E-state index contributed by atoms with van der Waals surface area (Å²) in [5.41, 5.74) is 5.38. The van der Waals surface area contributed by atoms with Crippen LogP contribution < -0.4 is 21.7 Å². The van der Waals surface area contributed by atoms with Crippen LogP contribution in [0.5, 0.6) is 0 Å². The summed E-state index contributed by atoms with van der Waals surface area (Å²) in [7, 11) is 0. The number of hydrogen-bond donors (Lipinski definition) is 4. The molecule has 41 heavy (non-hydrogen) atoms. The zero-order valence-corrected chi connectivity index (χ0v) is 24.5. The zero-order valence-electron chi connectivity index (χ0n) is 24.5. The molecule has 5 N–H and O–H groups in total. The van der Waals surface area contributed by atoms with Crippen LogP contribution in [0.3, 0.4) is 0 Å². The van der Waals surface area contributed by atoms with Crippen LogP contribution >= 0.6 is 0 Å². The second-order valence-electron chi connectivity index (χ2n) is 13.2. The minimum atomic E-state index is -1.08. The van der Waals surface area contributed by atoms with Gasteiger partial charge in [-0.15, -0.1) is 0 Å². The van der Waals surface area contributed by atoms with Crippen molar-refractivity contribution >= 4 is 29.5 Å². The largest absolute Gasteiger partial charge is 0.363 e. The molecule has 10 heteroatoms. The van der Waals surface area contributed by atoms with Crippen molar-refractivity contribution in [2.24, 2.45) is 17.1 Å². The fourth-order valence-corrected chi connectivity index (χ4v) is 6.27. The summed E-state index contributed by atoms with van der Waals surface area (Å²) in [6.45, 7) is 6.01. The molecular formula is C31H45N5O5. The third kappa shape index (κ3) is 7.86. The Morgan fingerprint density at radius 3 is 2.22 bits per heavy atom. The van der Waals surface area contributed by atoms with Gasteiger partial charge in [-0.25, -0.2) is 4.79 Å². The van der Waals surface area contributed by atoms with Crippen molar-refractivity contribution in [1.29, 1.82) is 0 Å². The van der Waals surface area contributed by atoms with Gasteiger partial charge >= 0.3 is 6.03 Å². The second kappa shape index (κ2) is 12.6. The van der Waals surface area contributed by atoms with Gasteiger partial charge in [-0.05, 0) is 55.4 Å². The Balaban J connectivity index is 1.44. The maximum Gasteiger partial charge on any atom is 0.315 e. The Morgan fingerprint density at radius 2 is 1.63 bits per heavy atom. The molecule has 3 atom stereocenters. The van der Waals surface area contributed by atoms with Crippen LogP contribution in [0, 0.1) is 11.3 Å². The maximum atomic E-state index is 13.9. The molecule has 2 aliphatic carbocycles. The number of benzene rings is 1. The molecule has 4 rings (SSSR count). The molecule has 1 saturated heterocycles. The van der Waals surface area contributed by atoms with Crippen molar-refractivity contribution in [3.05, 3.63) is 35.9 Å². The van der Waals surface area contributed by atoms with Crippen molar-refractivity contribution in [3.8, 4) is 0 Å². The van der Waals surface area contributed by atoms with Crippen molar-refractivity contribution in [1.82, 2.24) is 20.9 Å². The van der Waals surface area contributed by atoms with E-state index in [9.17, 15) is 24.0 Å². The monoisotopic (exact) mass is 567 g/mol. The van der Waals surface area contributed by atoms with E-state index in [2.05, 4.69) is 28.1 Å². The molecule has 5 amide bonds. The van der Waals surface area contributed by atoms with Gasteiger partial charge in [0.2, 0.25) is 17.6 Å². The Kier molecular flexibility index (Phi) is 9.39. The van der Waals surface area contributed by atoms with E-state index in [-0.39, 0.29) is 17.4 Å². The lowest BCUT2D eigenvalue weighted by atomic mass is 9.85. The molecule has 1 heterocycles. The Bertz CT molecular complexity index is 1140. The van der Waals surface area contributed by atoms with Gasteiger partial charge in [0.25, 0.3) is 5.91 Å². The minimum Gasteiger partial charge on any atom is -0.363 e. The number of urea groups is 1. The molecular weight excluding hydrogens is 522 g/mol. The van der Waals surface area contributed by atoms with Gasteiger partial charge < -0.3 is 26.6 Å². The normalized spacial score (nSPS) is 21.5. The van der Waals surface area contributed by atoms with Crippen molar-refractivity contribution in [2.75, 3.05) is 6.54 Å². The molecule has 3 aliphatic rings. The van der Waals surface area contributed by atoms with Crippen molar-refractivity contribution in [2.45, 2.75) is 109 Å². The van der Waals surface area contributed by atoms with Crippen LogP contribution in [0.15, 0.2) is 30.3 Å². The highest BCUT2D eigenvalue weighted by molar-refractivity contribution is 6.37. The number of hydrogen-bond acceptors (Lipinski definition) is 5. The van der Waals surface area contributed by atoms with Crippen LogP contribution in [-0.4, -0.2) is 64.6 Å². The van der Waals surface area contributed by atoms with Crippen LogP contribution in [0.25, 0.3) is 0 Å². The van der Waals surface area contributed by atoms with Gasteiger partial charge in [0, 0.05) is 12.1 Å². The highest BCUT2D eigenvalue weighted by atomic mass is 16.2. The fourth-order valence-electron chi connectivity index (χ4n) is 6.27. The number of likely N-dealkylation sites (tertiary alicyclic amines) is 1. The number of rotatable bonds is 11. The average Bonchev–Trinajstić information content (AvgIpc) is 3.39. The topological polar surface area (TPSA) is 151 Å². The molecule has 1 aromatic carbocycles. The van der Waals surface area contributed by atoms with E-state index in [1.165, 1.54) is 4.90 Å². The SMILES string of the molecule is CC(C)(C)C(NC(=O)NC1(Cc2ccccc2)CCCC1)C(=O)N1CCCC1C(=O)NC(CC1CC1)C(=O)C(N)=O. The van der Waals surface area contributed by atoms with E-state index in [0.717, 1.165) is 50.5 Å². The average molecular weight is 568 g/mol. The fraction of sp³-hybridized carbons (Fsp3) is 0.645. The van der Waals surface area contributed by atoms with E-state index < -0.39 is 47.2 Å². The van der Waals surface area contributed by atoms with Gasteiger partial charge in [0.1, 0.15) is 12.1 Å². The highest BCUT2D eigenvalue weighted by Crippen LogP contribution is 2.35. The Hall–Kier alpha value is -3.43. The lowest BCUT2D eigenvalue weighted by Gasteiger charge is -2.37. The molecule has 224 valence electrons. The maximum absolute atomic E-state index is 13.9. The Labute approximate surface area is 242 Å². The molecule has 0 spiro atoms. The van der Waals surface area contributed by atoms with Gasteiger partial charge in [0.15, 0.2) is 0 Å². The Morgan fingerprint density at radius 1 is 0.976 bits per heavy atom. The predicted molar refractivity (Wildman–Crippen MR) is 154 cm³/mol. The summed E-state index contributed by atoms with van der Waals surface area (Å²) in [5, 5.41) is 8.87. The summed E-state index contributed by atoms with van der Waals surface area (Å²) in [6, 6.07) is 7.03. The summed E-state index contributed by atoms with van der Waals surface area (Å²) >= 11 is 0. The van der Waals surface area contributed by atoms with Crippen molar-refractivity contribution < 1.29 is 24.0 Å². The number of Topliss-reactive ketones (excluding diaryl/α,β-unsaturated/α-hetero) is 1. The van der Waals surface area contributed by atoms with E-state index >= 15 is 0 Å². The van der Waals surface area contributed by atoms with Crippen LogP contribution in [0.2, 0.25) is 0 Å². The van der Waals surface area contributed by atoms with Crippen LogP contribution in [0.4, 0.5) is 4.79 Å². The highest BCUT2D eigenvalue weighted by Gasteiger charge is 2.44. The smallest absolute Gasteiger partial charge is 0.315 e. The van der Waals surface area contributed by atoms with Gasteiger partial charge in [-0.3, -0.25) is 19.2 Å². The molecule has 2 saturated carbocycles. The van der Waals surface area contributed by atoms with E-state index in [0.29, 0.717) is 25.8 Å². The summed E-state index contributed by atoms with van der Waals surface area (Å²) in [4.78, 5) is 66.2. The number of nitrogens with zero attached hydrogens (tertiary/aromatic N) is 1. The second-order valence-corrected chi connectivity index (χ2v) is 13.2. The zero-order chi connectivity index (χ0) is 29.8. The van der Waals surface area contributed by atoms with E-state index in [1.54, 1.807) is 0 Å². The third-order valence-electron chi connectivity index (χ3n) is 8.69. The molecule has 10 nitrogen and oxygen atoms in total. The van der Waals surface area contributed by atoms with Gasteiger partial charge in [-0.1, -0.05) is 76.8 Å². The number of carbonyl (C=O) groups excluding carboxylic acids is 5. The van der Waals surface area contributed by atoms with Gasteiger partial charge in [0.05, 0.1) is 6.04 Å². The first-order chi connectivity index (χ1) is 19.4. The molecule has 1 aliphatic heterocycles. The minimum absolute atomic E-state index is 0.281. The molecule has 3 fully saturated rings. The first-order valence-electron chi connectivity index (χ1n) is 15.0. The first-order valence-corrected chi connectivity index (χ1v) is 15.0. The third-order valence-corrected chi connectivity index (χ3v) is 8.69. The predicted octanol–water partition coefficient (Wildman–Crippen LogP) is 2.59. The number of amides is 5. The van der Waals surface area contributed by atoms with E-state index in [4.69, 9.17) is 5.73 Å². The summed E-state index contributed by atoms with van der Waals surface area (Å²) < 4.78 is 0. The summed E-state index contributed by atoms with van der Waals surface area (Å²) in [6.07, 6.45) is 7.80. The van der Waals surface area contributed by atoms with Crippen LogP contribution in [0.1, 0.15) is 84.1 Å². The number of ketones is 1. The summed E-state index contributed by atoms with van der Waals surface area (Å²) in [5.74, 6) is -2.42. The first kappa shape index (κ1) is 30.5. The molecule has 0 bridgehead atoms. The standard InChI is InChI=1S/C31H45N5O5/c1-30(2,3)25(34-29(41)35-31(15-7-8-16-31)19-21-10-5-4-6-11-21)28(40)36-17-9-12-23(36)27(39)33-22(18-20-13-14-20)24(37)26(32)38/h4-6,10-11,20,22-23,25H,7-9,12-19H2,1-3H3,(H2,32,38)(H,33,39)(H2,34,35,41). The number of primary amides is 1. The number of nitrogens with one attached hydrogen (secondary N) is 3. The molecule has 0 radical (unpaired) electrons. The van der Waals surface area contributed by atoms with Gasteiger partial charge in [-0.2, -0.15) is 0 Å². The number of nitrogens with two attached hydrogens (primary N) is 1. The molecule has 3 unspecified atom stereocenters. The lowest BCUT2D eigenvalue weighted by molar-refractivity contribution is -0.143. The molecule has 1 aromatic rings. The van der Waals surface area contributed by atoms with Crippen LogP contribution in [-0.2, 0) is 25.6 Å². The molecule has 0 aromatic heterocycles. The lowest BCUT2D eigenvalue weighted by Crippen LogP contribution is -2.62. The quantitative estimate of drug-likeness (QED) is 0.303.